The van der Waals surface area contributed by atoms with Crippen molar-refractivity contribution in [2.24, 2.45) is 7.05 Å². The van der Waals surface area contributed by atoms with E-state index in [1.807, 2.05) is 6.92 Å². The molecule has 2 N–H and O–H groups in total. The number of halogens is 1. The van der Waals surface area contributed by atoms with Gasteiger partial charge in [0.05, 0.1) is 22.5 Å². The summed E-state index contributed by atoms with van der Waals surface area (Å²) in [6, 6.07) is 4.67. The maximum Gasteiger partial charge on any atom is 0.337 e. The van der Waals surface area contributed by atoms with E-state index in [9.17, 15) is 14.7 Å². The molecule has 0 spiro atoms. The number of aromatic nitrogens is 2. The van der Waals surface area contributed by atoms with Crippen LogP contribution in [0.4, 0.5) is 5.69 Å². The van der Waals surface area contributed by atoms with Crippen LogP contribution in [-0.4, -0.2) is 26.8 Å². The van der Waals surface area contributed by atoms with Crippen LogP contribution >= 0.6 is 15.9 Å². The highest BCUT2D eigenvalue weighted by molar-refractivity contribution is 9.10. The summed E-state index contributed by atoms with van der Waals surface area (Å²) in [6.45, 7) is 1.90. The van der Waals surface area contributed by atoms with E-state index < -0.39 is 5.97 Å². The van der Waals surface area contributed by atoms with Gasteiger partial charge >= 0.3 is 5.97 Å². The third kappa shape index (κ3) is 3.30. The maximum absolute atomic E-state index is 12.3. The summed E-state index contributed by atoms with van der Waals surface area (Å²) in [5.74, 6) is -1.47. The predicted octanol–water partition coefficient (Wildman–Crippen LogP) is 2.70. The summed E-state index contributed by atoms with van der Waals surface area (Å²) in [5, 5.41) is 16.0. The Labute approximate surface area is 129 Å². The van der Waals surface area contributed by atoms with Crippen molar-refractivity contribution in [3.05, 3.63) is 45.7 Å². The van der Waals surface area contributed by atoms with Gasteiger partial charge < -0.3 is 10.4 Å². The van der Waals surface area contributed by atoms with Crippen LogP contribution < -0.4 is 5.32 Å². The summed E-state index contributed by atoms with van der Waals surface area (Å²) >= 11 is 3.21. The third-order valence-corrected chi connectivity index (χ3v) is 3.44. The van der Waals surface area contributed by atoms with E-state index in [2.05, 4.69) is 26.3 Å². The van der Waals surface area contributed by atoms with E-state index in [0.717, 1.165) is 0 Å². The average Bonchev–Trinajstić information content (AvgIpc) is 2.81. The first kappa shape index (κ1) is 15.2. The Morgan fingerprint density at radius 2 is 2.10 bits per heavy atom. The first-order valence-electron chi connectivity index (χ1n) is 6.29. The fraction of sp³-hybridized carbons (Fsp3) is 0.214. The number of aromatic carboxylic acids is 1. The number of nitrogens with one attached hydrogen (secondary N) is 1. The zero-order valence-electron chi connectivity index (χ0n) is 11.6. The monoisotopic (exact) mass is 351 g/mol. The van der Waals surface area contributed by atoms with Crippen LogP contribution in [-0.2, 0) is 13.5 Å². The highest BCUT2D eigenvalue weighted by Gasteiger charge is 2.18. The van der Waals surface area contributed by atoms with Gasteiger partial charge in [0.2, 0.25) is 0 Å². The fourth-order valence-electron chi connectivity index (χ4n) is 1.98. The van der Waals surface area contributed by atoms with E-state index in [4.69, 9.17) is 0 Å². The first-order valence-corrected chi connectivity index (χ1v) is 7.08. The van der Waals surface area contributed by atoms with Gasteiger partial charge in [-0.15, -0.1) is 0 Å². The van der Waals surface area contributed by atoms with Crippen LogP contribution in [0.25, 0.3) is 0 Å². The van der Waals surface area contributed by atoms with Gasteiger partial charge in [0, 0.05) is 17.7 Å². The van der Waals surface area contributed by atoms with Crippen molar-refractivity contribution in [2.75, 3.05) is 5.32 Å². The number of carboxylic acid groups (broad SMARTS) is 1. The summed E-state index contributed by atoms with van der Waals surface area (Å²) in [5.41, 5.74) is 1.39. The Balaban J connectivity index is 2.33. The fourth-order valence-corrected chi connectivity index (χ4v) is 2.34. The molecule has 1 heterocycles. The maximum atomic E-state index is 12.3. The lowest BCUT2D eigenvalue weighted by Crippen LogP contribution is -2.15. The summed E-state index contributed by atoms with van der Waals surface area (Å²) < 4.78 is 2.20. The van der Waals surface area contributed by atoms with Gasteiger partial charge in [-0.1, -0.05) is 22.9 Å². The Morgan fingerprint density at radius 3 is 2.71 bits per heavy atom. The number of carboxylic acids is 1. The topological polar surface area (TPSA) is 84.2 Å². The first-order chi connectivity index (χ1) is 9.92. The number of aryl methyl sites for hydroxylation is 2. The second-order valence-corrected chi connectivity index (χ2v) is 5.38. The molecule has 2 rings (SSSR count). The molecule has 0 bridgehead atoms. The van der Waals surface area contributed by atoms with Crippen molar-refractivity contribution in [2.45, 2.75) is 13.3 Å². The van der Waals surface area contributed by atoms with Gasteiger partial charge in [0.25, 0.3) is 5.91 Å². The lowest BCUT2D eigenvalue weighted by Gasteiger charge is -2.08. The Hall–Kier alpha value is -2.15. The highest BCUT2D eigenvalue weighted by atomic mass is 79.9. The molecular weight excluding hydrogens is 338 g/mol. The number of anilines is 1. The lowest BCUT2D eigenvalue weighted by atomic mass is 10.1. The van der Waals surface area contributed by atoms with Crippen LogP contribution in [0, 0.1) is 0 Å². The molecule has 0 fully saturated rings. The molecular formula is C14H14BrN3O3. The molecule has 0 unspecified atom stereocenters. The molecule has 0 aliphatic heterocycles. The number of carbonyl (C=O) groups excluding carboxylic acids is 1. The minimum atomic E-state index is -1.10. The minimum absolute atomic E-state index is 0.0275. The molecule has 110 valence electrons. The van der Waals surface area contributed by atoms with Crippen molar-refractivity contribution in [1.82, 2.24) is 9.78 Å². The number of rotatable bonds is 4. The lowest BCUT2D eigenvalue weighted by molar-refractivity contribution is 0.0698. The van der Waals surface area contributed by atoms with E-state index >= 15 is 0 Å². The highest BCUT2D eigenvalue weighted by Crippen LogP contribution is 2.22. The number of amides is 1. The molecule has 0 atom stereocenters. The number of nitrogens with zero attached hydrogens (tertiary/aromatic N) is 2. The molecule has 1 amide bonds. The van der Waals surface area contributed by atoms with Gasteiger partial charge in [-0.3, -0.25) is 9.48 Å². The SMILES string of the molecule is CCc1nn(C)cc1C(=O)Nc1ccc(Br)cc1C(=O)O. The summed E-state index contributed by atoms with van der Waals surface area (Å²) in [4.78, 5) is 23.5. The molecule has 0 saturated heterocycles. The molecule has 2 aromatic rings. The standard InChI is InChI=1S/C14H14BrN3O3/c1-3-11-10(7-18(2)17-11)13(19)16-12-5-4-8(15)6-9(12)14(20)21/h4-7H,3H2,1-2H3,(H,16,19)(H,20,21). The van der Waals surface area contributed by atoms with E-state index in [1.165, 1.54) is 6.07 Å². The molecule has 21 heavy (non-hydrogen) atoms. The smallest absolute Gasteiger partial charge is 0.337 e. The van der Waals surface area contributed by atoms with Crippen LogP contribution in [0.1, 0.15) is 33.3 Å². The van der Waals surface area contributed by atoms with Crippen LogP contribution in [0.15, 0.2) is 28.9 Å². The van der Waals surface area contributed by atoms with Crippen LogP contribution in [0.2, 0.25) is 0 Å². The van der Waals surface area contributed by atoms with Gasteiger partial charge in [0.15, 0.2) is 0 Å². The van der Waals surface area contributed by atoms with E-state index in [1.54, 1.807) is 30.1 Å². The molecule has 6 nitrogen and oxygen atoms in total. The normalized spacial score (nSPS) is 10.4. The van der Waals surface area contributed by atoms with Crippen molar-refractivity contribution in [3.63, 3.8) is 0 Å². The largest absolute Gasteiger partial charge is 0.478 e. The van der Waals surface area contributed by atoms with Crippen molar-refractivity contribution in [1.29, 1.82) is 0 Å². The second-order valence-electron chi connectivity index (χ2n) is 4.47. The number of hydrogen-bond acceptors (Lipinski definition) is 3. The third-order valence-electron chi connectivity index (χ3n) is 2.95. The molecule has 1 aromatic heterocycles. The van der Waals surface area contributed by atoms with E-state index in [0.29, 0.717) is 22.2 Å². The average molecular weight is 352 g/mol. The minimum Gasteiger partial charge on any atom is -0.478 e. The molecule has 1 aromatic carbocycles. The molecule has 0 aliphatic rings. The summed E-state index contributed by atoms with van der Waals surface area (Å²) in [7, 11) is 1.73. The molecule has 7 heteroatoms. The molecule has 0 saturated carbocycles. The number of hydrogen-bond donors (Lipinski definition) is 2. The Morgan fingerprint density at radius 1 is 1.38 bits per heavy atom. The van der Waals surface area contributed by atoms with Crippen molar-refractivity contribution < 1.29 is 14.7 Å². The molecule has 0 aliphatic carbocycles. The number of carbonyl (C=O) groups is 2. The van der Waals surface area contributed by atoms with Crippen LogP contribution in [0.3, 0.4) is 0 Å². The molecule has 0 radical (unpaired) electrons. The summed E-state index contributed by atoms with van der Waals surface area (Å²) in [6.07, 6.45) is 2.24. The zero-order chi connectivity index (χ0) is 15.6. The quantitative estimate of drug-likeness (QED) is 0.886. The number of benzene rings is 1. The van der Waals surface area contributed by atoms with E-state index in [-0.39, 0.29) is 17.2 Å². The van der Waals surface area contributed by atoms with Gasteiger partial charge in [-0.25, -0.2) is 4.79 Å². The van der Waals surface area contributed by atoms with Gasteiger partial charge in [0.1, 0.15) is 0 Å². The Kier molecular flexibility index (Phi) is 4.42. The zero-order valence-corrected chi connectivity index (χ0v) is 13.1. The van der Waals surface area contributed by atoms with Crippen LogP contribution in [0.5, 0.6) is 0 Å². The Bertz CT molecular complexity index is 709. The van der Waals surface area contributed by atoms with Gasteiger partial charge in [-0.2, -0.15) is 5.10 Å². The van der Waals surface area contributed by atoms with Crippen molar-refractivity contribution in [3.8, 4) is 0 Å². The predicted molar refractivity (Wildman–Crippen MR) is 81.6 cm³/mol. The second kappa shape index (κ2) is 6.09. The van der Waals surface area contributed by atoms with Gasteiger partial charge in [-0.05, 0) is 24.6 Å². The van der Waals surface area contributed by atoms with Crippen molar-refractivity contribution >= 4 is 33.5 Å².